The smallest absolute Gasteiger partial charge is 0.360 e. The lowest BCUT2D eigenvalue weighted by atomic mass is 10.4. The van der Waals surface area contributed by atoms with E-state index >= 15 is 0 Å². The Labute approximate surface area is 115 Å². The van der Waals surface area contributed by atoms with E-state index in [1.54, 1.807) is 17.7 Å². The van der Waals surface area contributed by atoms with Crippen molar-refractivity contribution in [2.45, 2.75) is 39.0 Å². The lowest BCUT2D eigenvalue weighted by Gasteiger charge is -2.13. The van der Waals surface area contributed by atoms with Crippen LogP contribution in [0.4, 0.5) is 5.82 Å². The summed E-state index contributed by atoms with van der Waals surface area (Å²) < 4.78 is 18.1. The number of carbonyl (C=O) groups is 1. The first-order chi connectivity index (χ1) is 8.92. The van der Waals surface area contributed by atoms with Crippen LogP contribution in [0.15, 0.2) is 0 Å². The predicted molar refractivity (Wildman–Crippen MR) is 75.5 cm³/mol. The number of imidazole rings is 1. The second-order valence-corrected chi connectivity index (χ2v) is 6.06. The lowest BCUT2D eigenvalue weighted by molar-refractivity contribution is 0.0521. The Balaban J connectivity index is 3.10. The summed E-state index contributed by atoms with van der Waals surface area (Å²) in [6, 6.07) is 0. The third-order valence-electron chi connectivity index (χ3n) is 2.88. The molecule has 2 N–H and O–H groups in total. The molecule has 0 saturated heterocycles. The number of aromatic nitrogens is 2. The number of anilines is 1. The molecule has 108 valence electrons. The largest absolute Gasteiger partial charge is 0.461 e. The van der Waals surface area contributed by atoms with Gasteiger partial charge in [0, 0.05) is 35.3 Å². The van der Waals surface area contributed by atoms with Crippen molar-refractivity contribution in [3.05, 3.63) is 11.5 Å². The highest BCUT2D eigenvalue weighted by Crippen LogP contribution is 2.18. The zero-order chi connectivity index (χ0) is 14.6. The first-order valence-electron chi connectivity index (χ1n) is 6.26. The summed E-state index contributed by atoms with van der Waals surface area (Å²) in [6.07, 6.45) is 2.29. The van der Waals surface area contributed by atoms with Gasteiger partial charge in [-0.1, -0.05) is 6.92 Å². The summed E-state index contributed by atoms with van der Waals surface area (Å²) in [5, 5.41) is -0.0585. The van der Waals surface area contributed by atoms with Crippen LogP contribution in [0.3, 0.4) is 0 Å². The van der Waals surface area contributed by atoms with Crippen molar-refractivity contribution in [1.82, 2.24) is 9.55 Å². The van der Waals surface area contributed by atoms with Crippen LogP contribution < -0.4 is 5.73 Å². The number of carbonyl (C=O) groups excluding carboxylic acids is 1. The maximum atomic E-state index is 11.7. The number of hydrogen-bond donors (Lipinski definition) is 1. The van der Waals surface area contributed by atoms with Crippen LogP contribution in [0, 0.1) is 0 Å². The number of rotatable bonds is 6. The van der Waals surface area contributed by atoms with E-state index in [4.69, 9.17) is 10.5 Å². The zero-order valence-corrected chi connectivity index (χ0v) is 12.6. The Kier molecular flexibility index (Phi) is 5.53. The van der Waals surface area contributed by atoms with Crippen LogP contribution in [0.1, 0.15) is 37.1 Å². The summed E-state index contributed by atoms with van der Waals surface area (Å²) in [5.41, 5.74) is 6.11. The lowest BCUT2D eigenvalue weighted by Crippen LogP contribution is -2.20. The van der Waals surface area contributed by atoms with Crippen molar-refractivity contribution < 1.29 is 13.7 Å². The maximum Gasteiger partial charge on any atom is 0.360 e. The summed E-state index contributed by atoms with van der Waals surface area (Å²) in [4.78, 5) is 16.0. The van der Waals surface area contributed by atoms with E-state index in [9.17, 15) is 9.00 Å². The van der Waals surface area contributed by atoms with Gasteiger partial charge in [0.25, 0.3) is 0 Å². The second-order valence-electron chi connectivity index (χ2n) is 4.26. The molecule has 0 amide bonds. The van der Waals surface area contributed by atoms with E-state index in [1.807, 2.05) is 13.8 Å². The monoisotopic (exact) mass is 287 g/mol. The summed E-state index contributed by atoms with van der Waals surface area (Å²) in [7, 11) is -0.955. The maximum absolute atomic E-state index is 11.7. The van der Waals surface area contributed by atoms with E-state index in [2.05, 4.69) is 4.98 Å². The number of hydrogen-bond acceptors (Lipinski definition) is 5. The Morgan fingerprint density at radius 3 is 2.63 bits per heavy atom. The van der Waals surface area contributed by atoms with Crippen LogP contribution >= 0.6 is 0 Å². The summed E-state index contributed by atoms with van der Waals surface area (Å²) in [5.74, 6) is 0.476. The molecule has 19 heavy (non-hydrogen) atoms. The van der Waals surface area contributed by atoms with E-state index in [0.29, 0.717) is 18.8 Å². The molecule has 0 spiro atoms. The molecule has 0 aliphatic rings. The Bertz CT molecular complexity index is 485. The molecule has 1 rings (SSSR count). The minimum Gasteiger partial charge on any atom is -0.461 e. The van der Waals surface area contributed by atoms with Gasteiger partial charge in [-0.05, 0) is 13.8 Å². The van der Waals surface area contributed by atoms with E-state index < -0.39 is 16.8 Å². The van der Waals surface area contributed by atoms with E-state index in [-0.39, 0.29) is 23.4 Å². The molecular formula is C12H21N3O3S. The van der Waals surface area contributed by atoms with E-state index in [0.717, 1.165) is 0 Å². The molecule has 7 heteroatoms. The molecule has 0 radical (unpaired) electrons. The summed E-state index contributed by atoms with van der Waals surface area (Å²) >= 11 is 0. The minimum atomic E-state index is -0.955. The van der Waals surface area contributed by atoms with Crippen molar-refractivity contribution in [2.75, 3.05) is 18.6 Å². The molecule has 0 aliphatic carbocycles. The van der Waals surface area contributed by atoms with Gasteiger partial charge in [-0.2, -0.15) is 0 Å². The zero-order valence-electron chi connectivity index (χ0n) is 11.8. The highest BCUT2D eigenvalue weighted by Gasteiger charge is 2.22. The molecule has 2 unspecified atom stereocenters. The Morgan fingerprint density at radius 1 is 1.53 bits per heavy atom. The Hall–Kier alpha value is -1.37. The van der Waals surface area contributed by atoms with E-state index in [1.165, 1.54) is 0 Å². The fourth-order valence-electron chi connectivity index (χ4n) is 1.70. The first-order valence-corrected chi connectivity index (χ1v) is 7.88. The number of ether oxygens (including phenoxy) is 1. The van der Waals surface area contributed by atoms with Gasteiger partial charge >= 0.3 is 5.97 Å². The van der Waals surface area contributed by atoms with Gasteiger partial charge < -0.3 is 15.0 Å². The van der Waals surface area contributed by atoms with Gasteiger partial charge in [-0.15, -0.1) is 0 Å². The standard InChI is InChI=1S/C12H21N3O3S/c1-5-9-14-10(12(16)18-6-2)11(13)15(9)7-8(3)19(4)17/h8H,5-7,13H2,1-4H3. The quantitative estimate of drug-likeness (QED) is 0.788. The molecular weight excluding hydrogens is 266 g/mol. The van der Waals surface area contributed by atoms with Gasteiger partial charge in [-0.25, -0.2) is 9.78 Å². The van der Waals surface area contributed by atoms with Crippen LogP contribution in [0.2, 0.25) is 0 Å². The molecule has 0 aromatic carbocycles. The fourth-order valence-corrected chi connectivity index (χ4v) is 2.06. The normalized spacial score (nSPS) is 14.1. The van der Waals surface area contributed by atoms with Gasteiger partial charge in [0.15, 0.2) is 5.69 Å². The molecule has 0 fully saturated rings. The van der Waals surface area contributed by atoms with Crippen molar-refractivity contribution in [3.63, 3.8) is 0 Å². The number of nitrogen functional groups attached to an aromatic ring is 1. The number of esters is 1. The molecule has 0 aliphatic heterocycles. The van der Waals surface area contributed by atoms with Crippen LogP contribution in [-0.2, 0) is 28.5 Å². The van der Waals surface area contributed by atoms with Crippen molar-refractivity contribution in [2.24, 2.45) is 0 Å². The minimum absolute atomic E-state index is 0.0585. The SMILES string of the molecule is CCOC(=O)c1nc(CC)n(CC(C)S(C)=O)c1N. The second kappa shape index (κ2) is 6.70. The van der Waals surface area contributed by atoms with Crippen molar-refractivity contribution >= 4 is 22.6 Å². The van der Waals surface area contributed by atoms with Gasteiger partial charge in [0.2, 0.25) is 0 Å². The average molecular weight is 287 g/mol. The van der Waals surface area contributed by atoms with Crippen LogP contribution in [0.5, 0.6) is 0 Å². The van der Waals surface area contributed by atoms with Crippen molar-refractivity contribution in [3.8, 4) is 0 Å². The van der Waals surface area contributed by atoms with Gasteiger partial charge in [0.1, 0.15) is 11.6 Å². The first kappa shape index (κ1) is 15.7. The average Bonchev–Trinajstić information content (AvgIpc) is 2.67. The number of nitrogens with two attached hydrogens (primary N) is 1. The topological polar surface area (TPSA) is 87.2 Å². The summed E-state index contributed by atoms with van der Waals surface area (Å²) in [6.45, 7) is 6.29. The van der Waals surface area contributed by atoms with Crippen molar-refractivity contribution in [1.29, 1.82) is 0 Å². The van der Waals surface area contributed by atoms with Gasteiger partial charge in [0.05, 0.1) is 6.61 Å². The van der Waals surface area contributed by atoms with Crippen LogP contribution in [0.25, 0.3) is 0 Å². The van der Waals surface area contributed by atoms with Crippen LogP contribution in [-0.4, -0.2) is 37.8 Å². The Morgan fingerprint density at radius 2 is 2.16 bits per heavy atom. The molecule has 1 aromatic heterocycles. The molecule has 1 aromatic rings. The third-order valence-corrected chi connectivity index (χ3v) is 4.16. The highest BCUT2D eigenvalue weighted by molar-refractivity contribution is 7.84. The molecule has 0 saturated carbocycles. The third kappa shape index (κ3) is 3.56. The van der Waals surface area contributed by atoms with Gasteiger partial charge in [-0.3, -0.25) is 4.21 Å². The molecule has 6 nitrogen and oxygen atoms in total. The molecule has 0 bridgehead atoms. The number of aryl methyl sites for hydroxylation is 1. The molecule has 2 atom stereocenters. The number of nitrogens with zero attached hydrogens (tertiary/aromatic N) is 2. The molecule has 1 heterocycles. The fraction of sp³-hybridized carbons (Fsp3) is 0.667. The predicted octanol–water partition coefficient (Wildman–Crippen LogP) is 0.971. The highest BCUT2D eigenvalue weighted by atomic mass is 32.2.